The first-order valence-corrected chi connectivity index (χ1v) is 10.5. The van der Waals surface area contributed by atoms with Crippen molar-refractivity contribution in [2.75, 3.05) is 11.4 Å². The number of para-hydroxylation sites is 1. The van der Waals surface area contributed by atoms with Crippen LogP contribution in [0.5, 0.6) is 0 Å². The van der Waals surface area contributed by atoms with Crippen LogP contribution in [0.25, 0.3) is 0 Å². The van der Waals surface area contributed by atoms with Crippen LogP contribution in [0.15, 0.2) is 76.2 Å². The van der Waals surface area contributed by atoms with Gasteiger partial charge in [0.2, 0.25) is 11.8 Å². The first kappa shape index (κ1) is 20.5. The predicted octanol–water partition coefficient (Wildman–Crippen LogP) is 3.70. The summed E-state index contributed by atoms with van der Waals surface area (Å²) in [6.45, 7) is 0.636. The molecule has 0 unspecified atom stereocenters. The lowest BCUT2D eigenvalue weighted by atomic mass is 9.89. The van der Waals surface area contributed by atoms with E-state index >= 15 is 0 Å². The Hall–Kier alpha value is -4.39. The number of nitro groups is 1. The van der Waals surface area contributed by atoms with Gasteiger partial charge in [0.15, 0.2) is 5.70 Å². The Bertz CT molecular complexity index is 1250. The van der Waals surface area contributed by atoms with Crippen LogP contribution in [0.4, 0.5) is 17.1 Å². The molecule has 0 saturated carbocycles. The Morgan fingerprint density at radius 1 is 1.09 bits per heavy atom. The molecular weight excluding hydrogens is 424 g/mol. The van der Waals surface area contributed by atoms with Crippen LogP contribution in [0, 0.1) is 33.3 Å². The Balaban J connectivity index is 1.54. The third-order valence-corrected chi connectivity index (χ3v) is 6.36. The minimum atomic E-state index is -0.784. The number of hydrogen-bond donors (Lipinski definition) is 0. The summed E-state index contributed by atoms with van der Waals surface area (Å²) in [6, 6.07) is 16.1. The number of imide groups is 1. The van der Waals surface area contributed by atoms with Crippen molar-refractivity contribution in [1.29, 1.82) is 5.26 Å². The van der Waals surface area contributed by atoms with Gasteiger partial charge in [-0.15, -0.1) is 10.2 Å². The minimum Gasteiger partial charge on any atom is -0.368 e. The van der Waals surface area contributed by atoms with E-state index in [1.165, 1.54) is 29.2 Å². The van der Waals surface area contributed by atoms with Gasteiger partial charge in [0.05, 0.1) is 33.8 Å². The van der Waals surface area contributed by atoms with E-state index in [2.05, 4.69) is 10.2 Å². The molecule has 0 bridgehead atoms. The number of fused-ring (bicyclic) bond motifs is 3. The van der Waals surface area contributed by atoms with Crippen LogP contribution in [-0.2, 0) is 9.59 Å². The highest BCUT2D eigenvalue weighted by Crippen LogP contribution is 2.50. The van der Waals surface area contributed by atoms with Crippen molar-refractivity contribution in [3.8, 4) is 6.07 Å². The second-order valence-electron chi connectivity index (χ2n) is 8.07. The Labute approximate surface area is 188 Å². The molecule has 3 aliphatic heterocycles. The fourth-order valence-corrected chi connectivity index (χ4v) is 5.00. The van der Waals surface area contributed by atoms with Gasteiger partial charge in [-0.05, 0) is 37.1 Å². The van der Waals surface area contributed by atoms with Gasteiger partial charge in [0.25, 0.3) is 5.69 Å². The first-order valence-electron chi connectivity index (χ1n) is 10.5. The highest BCUT2D eigenvalue weighted by molar-refractivity contribution is 6.23. The molecule has 5 rings (SSSR count). The molecule has 2 amide bonds. The van der Waals surface area contributed by atoms with E-state index in [0.29, 0.717) is 23.6 Å². The number of anilines is 1. The molecule has 0 aliphatic carbocycles. The predicted molar refractivity (Wildman–Crippen MR) is 116 cm³/mol. The summed E-state index contributed by atoms with van der Waals surface area (Å²) in [5, 5.41) is 28.9. The fraction of sp³-hybridized carbons (Fsp3) is 0.261. The van der Waals surface area contributed by atoms with Crippen LogP contribution >= 0.6 is 0 Å². The Kier molecular flexibility index (Phi) is 4.94. The Morgan fingerprint density at radius 2 is 1.82 bits per heavy atom. The first-order chi connectivity index (χ1) is 16.0. The molecule has 0 radical (unpaired) electrons. The summed E-state index contributed by atoms with van der Waals surface area (Å²) in [5.74, 6) is -1.96. The number of benzene rings is 2. The molecule has 3 fully saturated rings. The van der Waals surface area contributed by atoms with Crippen molar-refractivity contribution in [2.45, 2.75) is 18.9 Å². The number of hydrogen-bond acceptors (Lipinski definition) is 8. The van der Waals surface area contributed by atoms with E-state index in [1.807, 2.05) is 17.0 Å². The third-order valence-electron chi connectivity index (χ3n) is 6.36. The van der Waals surface area contributed by atoms with Crippen molar-refractivity contribution >= 4 is 28.9 Å². The SMILES string of the molecule is N#C/C(N=Nc1ccc([N+](=O)[O-])cc1)=C1/[C@H]2C(=O)N(c3ccccc3)C(=O)[C@H]2[C@H]2CCCN12. The third kappa shape index (κ3) is 3.25. The van der Waals surface area contributed by atoms with Gasteiger partial charge >= 0.3 is 0 Å². The molecule has 0 aromatic heterocycles. The molecule has 164 valence electrons. The molecule has 3 aliphatic rings. The fourth-order valence-electron chi connectivity index (χ4n) is 5.00. The van der Waals surface area contributed by atoms with Gasteiger partial charge in [0, 0.05) is 24.7 Å². The summed E-state index contributed by atoms with van der Waals surface area (Å²) in [5.41, 5.74) is 1.18. The van der Waals surface area contributed by atoms with Crippen molar-refractivity contribution < 1.29 is 14.5 Å². The van der Waals surface area contributed by atoms with Crippen LogP contribution in [0.3, 0.4) is 0 Å². The van der Waals surface area contributed by atoms with Gasteiger partial charge in [0.1, 0.15) is 6.07 Å². The monoisotopic (exact) mass is 442 g/mol. The maximum absolute atomic E-state index is 13.4. The molecule has 3 heterocycles. The number of allylic oxidation sites excluding steroid dienone is 1. The number of nitriles is 1. The van der Waals surface area contributed by atoms with Crippen molar-refractivity contribution in [3.63, 3.8) is 0 Å². The van der Waals surface area contributed by atoms with Crippen LogP contribution in [0.1, 0.15) is 12.8 Å². The molecule has 33 heavy (non-hydrogen) atoms. The van der Waals surface area contributed by atoms with Crippen LogP contribution < -0.4 is 4.90 Å². The number of nitro benzene ring substituents is 1. The normalized spacial score (nSPS) is 25.4. The zero-order valence-electron chi connectivity index (χ0n) is 17.4. The molecule has 2 aromatic rings. The van der Waals surface area contributed by atoms with Gasteiger partial charge in [-0.1, -0.05) is 18.2 Å². The average Bonchev–Trinajstić information content (AvgIpc) is 3.48. The summed E-state index contributed by atoms with van der Waals surface area (Å²) in [6.07, 6.45) is 1.60. The maximum Gasteiger partial charge on any atom is 0.269 e. The number of carbonyl (C=O) groups is 2. The smallest absolute Gasteiger partial charge is 0.269 e. The van der Waals surface area contributed by atoms with Crippen LogP contribution in [0.2, 0.25) is 0 Å². The zero-order chi connectivity index (χ0) is 23.1. The van der Waals surface area contributed by atoms with Crippen molar-refractivity contribution in [1.82, 2.24) is 4.90 Å². The van der Waals surface area contributed by atoms with E-state index in [0.717, 1.165) is 12.8 Å². The molecule has 0 spiro atoms. The van der Waals surface area contributed by atoms with Crippen molar-refractivity contribution in [3.05, 3.63) is 76.1 Å². The molecule has 3 atom stereocenters. The highest BCUT2D eigenvalue weighted by atomic mass is 16.6. The van der Waals surface area contributed by atoms with E-state index < -0.39 is 16.8 Å². The number of amides is 2. The number of rotatable bonds is 4. The number of non-ortho nitro benzene ring substituents is 1. The zero-order valence-corrected chi connectivity index (χ0v) is 17.4. The minimum absolute atomic E-state index is 0.0242. The maximum atomic E-state index is 13.4. The summed E-state index contributed by atoms with van der Waals surface area (Å²) in [7, 11) is 0. The lowest BCUT2D eigenvalue weighted by Gasteiger charge is -2.25. The second-order valence-corrected chi connectivity index (χ2v) is 8.07. The lowest BCUT2D eigenvalue weighted by molar-refractivity contribution is -0.384. The highest BCUT2D eigenvalue weighted by Gasteiger charge is 2.61. The van der Waals surface area contributed by atoms with Gasteiger partial charge in [-0.2, -0.15) is 5.26 Å². The molecule has 3 saturated heterocycles. The van der Waals surface area contributed by atoms with Gasteiger partial charge < -0.3 is 4.90 Å². The number of nitrogens with zero attached hydrogens (tertiary/aromatic N) is 6. The largest absolute Gasteiger partial charge is 0.368 e. The lowest BCUT2D eigenvalue weighted by Crippen LogP contribution is -2.37. The molecular formula is C23H18N6O4. The van der Waals surface area contributed by atoms with E-state index in [1.54, 1.807) is 24.3 Å². The van der Waals surface area contributed by atoms with E-state index in [-0.39, 0.29) is 29.2 Å². The Morgan fingerprint density at radius 3 is 2.48 bits per heavy atom. The second kappa shape index (κ2) is 7.94. The molecule has 10 nitrogen and oxygen atoms in total. The summed E-state index contributed by atoms with van der Waals surface area (Å²) < 4.78 is 0. The number of azo groups is 1. The summed E-state index contributed by atoms with van der Waals surface area (Å²) >= 11 is 0. The topological polar surface area (TPSA) is 132 Å². The van der Waals surface area contributed by atoms with Crippen LogP contribution in [-0.4, -0.2) is 34.2 Å². The quantitative estimate of drug-likeness (QED) is 0.233. The average molecular weight is 442 g/mol. The molecule has 0 N–H and O–H groups in total. The van der Waals surface area contributed by atoms with Crippen molar-refractivity contribution in [2.24, 2.45) is 22.1 Å². The van der Waals surface area contributed by atoms with Gasteiger partial charge in [-0.25, -0.2) is 4.90 Å². The molecule has 2 aromatic carbocycles. The standard InChI is InChI=1S/C23H18N6O4/c24-13-17(26-25-14-8-10-16(11-9-14)29(32)33)21-20-19(18-7-4-12-27(18)21)22(30)28(23(20)31)15-5-2-1-3-6-15/h1-3,5-6,8-11,18-20H,4,7,12H2/b21-17+,26-25?/t18-,19+,20+/m1/s1. The summed E-state index contributed by atoms with van der Waals surface area (Å²) in [4.78, 5) is 40.2. The van der Waals surface area contributed by atoms with E-state index in [4.69, 9.17) is 0 Å². The van der Waals surface area contributed by atoms with E-state index in [9.17, 15) is 25.0 Å². The number of carbonyl (C=O) groups excluding carboxylic acids is 2. The molecule has 10 heteroatoms. The van der Waals surface area contributed by atoms with Gasteiger partial charge in [-0.3, -0.25) is 19.7 Å².